The number of thioether (sulfide) groups is 1. The minimum atomic E-state index is 1.03. The van der Waals surface area contributed by atoms with Crippen LogP contribution >= 0.6 is 11.8 Å². The lowest BCUT2D eigenvalue weighted by molar-refractivity contribution is -0.648. The molecule has 0 aliphatic carbocycles. The largest absolute Gasteiger partial charge is 0.338 e. The molecule has 0 fully saturated rings. The van der Waals surface area contributed by atoms with E-state index < -0.39 is 0 Å². The van der Waals surface area contributed by atoms with Gasteiger partial charge >= 0.3 is 0 Å². The molecule has 3 aromatic rings. The quantitative estimate of drug-likeness (QED) is 0.611. The summed E-state index contributed by atoms with van der Waals surface area (Å²) in [7, 11) is 8.48. The number of rotatable bonds is 5. The van der Waals surface area contributed by atoms with Gasteiger partial charge in [0.2, 0.25) is 0 Å². The van der Waals surface area contributed by atoms with E-state index in [0.717, 1.165) is 25.1 Å². The maximum absolute atomic E-state index is 4.76. The van der Waals surface area contributed by atoms with Crippen LogP contribution in [0.4, 0.5) is 5.69 Å². The third-order valence-corrected chi connectivity index (χ3v) is 6.37. The van der Waals surface area contributed by atoms with Crippen LogP contribution in [0.2, 0.25) is 0 Å². The summed E-state index contributed by atoms with van der Waals surface area (Å²) < 4.78 is 2.16. The number of fused-ring (bicyclic) bond motifs is 2. The molecule has 0 bridgehead atoms. The van der Waals surface area contributed by atoms with Crippen LogP contribution in [-0.2, 0) is 13.5 Å². The number of hydrogen-bond donors (Lipinski definition) is 0. The fourth-order valence-electron chi connectivity index (χ4n) is 3.76. The summed E-state index contributed by atoms with van der Waals surface area (Å²) in [6.45, 7) is 1.10. The number of benzene rings is 2. The van der Waals surface area contributed by atoms with Crippen molar-refractivity contribution in [1.29, 1.82) is 0 Å². The Kier molecular flexibility index (Phi) is 5.38. The van der Waals surface area contributed by atoms with Gasteiger partial charge in [0.05, 0.1) is 23.2 Å². The molecule has 28 heavy (non-hydrogen) atoms. The molecule has 1 aliphatic heterocycles. The normalized spacial score (nSPS) is 15.0. The molecular weight excluding hydrogens is 364 g/mol. The van der Waals surface area contributed by atoms with Crippen LogP contribution in [0.3, 0.4) is 0 Å². The smallest absolute Gasteiger partial charge is 0.287 e. The molecule has 2 heterocycles. The molecule has 0 N–H and O–H groups in total. The first-order valence-electron chi connectivity index (χ1n) is 9.68. The zero-order chi connectivity index (χ0) is 19.7. The molecule has 0 unspecified atom stereocenters. The monoisotopic (exact) mass is 391 g/mol. The van der Waals surface area contributed by atoms with Crippen LogP contribution < -0.4 is 9.47 Å². The summed E-state index contributed by atoms with van der Waals surface area (Å²) in [6.07, 6.45) is 6.38. The standard InChI is InChI=1S/C23H27N4S/c1-25(2)14-8-10-17-9-7-11-18-19(24-16-26(3)23(17)18)15-22-27(4)20-12-5-6-13-21(20)28-22/h5-7,9,11-13,15-16H,8,10,14H2,1-4H3/q+1. The first-order valence-corrected chi connectivity index (χ1v) is 10.5. The number of para-hydroxylation sites is 2. The van der Waals surface area contributed by atoms with Gasteiger partial charge < -0.3 is 9.80 Å². The van der Waals surface area contributed by atoms with Crippen molar-refractivity contribution in [3.63, 3.8) is 0 Å². The summed E-state index contributed by atoms with van der Waals surface area (Å²) in [5, 5.41) is 2.42. The van der Waals surface area contributed by atoms with Gasteiger partial charge in [-0.15, -0.1) is 0 Å². The molecule has 4 rings (SSSR count). The van der Waals surface area contributed by atoms with Gasteiger partial charge in [0.15, 0.2) is 5.69 Å². The number of aryl methyl sites for hydroxylation is 2. The van der Waals surface area contributed by atoms with E-state index in [1.807, 2.05) is 18.1 Å². The van der Waals surface area contributed by atoms with Gasteiger partial charge in [-0.05, 0) is 62.2 Å². The van der Waals surface area contributed by atoms with Crippen molar-refractivity contribution >= 4 is 34.4 Å². The Hall–Kier alpha value is -2.37. The van der Waals surface area contributed by atoms with Crippen LogP contribution in [0.5, 0.6) is 0 Å². The van der Waals surface area contributed by atoms with Crippen LogP contribution in [0.25, 0.3) is 17.0 Å². The third-order valence-electron chi connectivity index (χ3n) is 5.20. The van der Waals surface area contributed by atoms with E-state index in [1.54, 1.807) is 0 Å². The summed E-state index contributed by atoms with van der Waals surface area (Å²) in [5.41, 5.74) is 4.96. The molecule has 5 heteroatoms. The number of anilines is 1. The van der Waals surface area contributed by atoms with Crippen molar-refractivity contribution in [3.05, 3.63) is 65.1 Å². The summed E-state index contributed by atoms with van der Waals surface area (Å²) in [4.78, 5) is 10.5. The molecular formula is C23H27N4S+. The summed E-state index contributed by atoms with van der Waals surface area (Å²) in [5.74, 6) is 0. The fourth-order valence-corrected chi connectivity index (χ4v) is 4.84. The van der Waals surface area contributed by atoms with E-state index in [0.29, 0.717) is 0 Å². The minimum Gasteiger partial charge on any atom is -0.338 e. The second kappa shape index (κ2) is 7.94. The Balaban J connectivity index is 1.72. The predicted molar refractivity (Wildman–Crippen MR) is 118 cm³/mol. The Morgan fingerprint density at radius 3 is 2.75 bits per heavy atom. The Labute approximate surface area is 171 Å². The highest BCUT2D eigenvalue weighted by Gasteiger charge is 2.23. The van der Waals surface area contributed by atoms with Crippen molar-refractivity contribution in [1.82, 2.24) is 9.88 Å². The fraction of sp³-hybridized carbons (Fsp3) is 0.304. The number of nitrogens with zero attached hydrogens (tertiary/aromatic N) is 4. The van der Waals surface area contributed by atoms with E-state index >= 15 is 0 Å². The zero-order valence-corrected chi connectivity index (χ0v) is 17.8. The average molecular weight is 392 g/mol. The SMILES string of the molecule is CN(C)CCCc1cccc2c(/C=C3\Sc4ccccc4N3C)nc[n+](C)c12. The highest BCUT2D eigenvalue weighted by Crippen LogP contribution is 2.45. The number of aromatic nitrogens is 2. The maximum atomic E-state index is 4.76. The zero-order valence-electron chi connectivity index (χ0n) is 17.0. The highest BCUT2D eigenvalue weighted by molar-refractivity contribution is 8.03. The molecule has 2 aromatic carbocycles. The van der Waals surface area contributed by atoms with Crippen LogP contribution in [0, 0.1) is 0 Å². The first kappa shape index (κ1) is 19.0. The van der Waals surface area contributed by atoms with Crippen LogP contribution in [-0.4, -0.2) is 37.6 Å². The molecule has 4 nitrogen and oxygen atoms in total. The van der Waals surface area contributed by atoms with Crippen molar-refractivity contribution in [2.24, 2.45) is 7.05 Å². The van der Waals surface area contributed by atoms with Gasteiger partial charge in [0.25, 0.3) is 6.33 Å². The lowest BCUT2D eigenvalue weighted by Gasteiger charge is -2.13. The molecule has 144 valence electrons. The van der Waals surface area contributed by atoms with Gasteiger partial charge in [-0.2, -0.15) is 0 Å². The maximum Gasteiger partial charge on any atom is 0.287 e. The second-order valence-corrected chi connectivity index (χ2v) is 8.63. The van der Waals surface area contributed by atoms with Crippen LogP contribution in [0.1, 0.15) is 17.7 Å². The third kappa shape index (κ3) is 3.64. The van der Waals surface area contributed by atoms with Gasteiger partial charge in [0, 0.05) is 18.0 Å². The van der Waals surface area contributed by atoms with Gasteiger partial charge in [0.1, 0.15) is 5.52 Å². The molecule has 1 aromatic heterocycles. The summed E-state index contributed by atoms with van der Waals surface area (Å²) >= 11 is 1.81. The van der Waals surface area contributed by atoms with E-state index in [1.165, 1.54) is 32.1 Å². The Morgan fingerprint density at radius 2 is 1.96 bits per heavy atom. The topological polar surface area (TPSA) is 23.2 Å². The highest BCUT2D eigenvalue weighted by atomic mass is 32.2. The van der Waals surface area contributed by atoms with Crippen molar-refractivity contribution in [3.8, 4) is 0 Å². The Morgan fingerprint density at radius 1 is 1.14 bits per heavy atom. The lowest BCUT2D eigenvalue weighted by Crippen LogP contribution is -2.31. The van der Waals surface area contributed by atoms with E-state index in [4.69, 9.17) is 4.98 Å². The molecule has 0 radical (unpaired) electrons. The van der Waals surface area contributed by atoms with E-state index in [-0.39, 0.29) is 0 Å². The lowest BCUT2D eigenvalue weighted by atomic mass is 10.0. The molecule has 0 atom stereocenters. The summed E-state index contributed by atoms with van der Waals surface area (Å²) in [6, 6.07) is 15.1. The van der Waals surface area contributed by atoms with E-state index in [2.05, 4.69) is 91.1 Å². The molecule has 0 amide bonds. The second-order valence-electron chi connectivity index (χ2n) is 7.57. The van der Waals surface area contributed by atoms with Crippen molar-refractivity contribution < 1.29 is 4.57 Å². The van der Waals surface area contributed by atoms with Crippen molar-refractivity contribution in [2.75, 3.05) is 32.6 Å². The molecule has 0 saturated carbocycles. The van der Waals surface area contributed by atoms with E-state index in [9.17, 15) is 0 Å². The molecule has 0 spiro atoms. The molecule has 1 aliphatic rings. The van der Waals surface area contributed by atoms with Gasteiger partial charge in [-0.1, -0.05) is 36.0 Å². The minimum absolute atomic E-state index is 1.03. The first-order chi connectivity index (χ1) is 13.5. The molecule has 0 saturated heterocycles. The average Bonchev–Trinajstić information content (AvgIpc) is 3.00. The number of hydrogen-bond acceptors (Lipinski definition) is 4. The van der Waals surface area contributed by atoms with Crippen LogP contribution in [0.15, 0.2) is 58.7 Å². The van der Waals surface area contributed by atoms with Crippen molar-refractivity contribution in [2.45, 2.75) is 17.7 Å². The Bertz CT molecular complexity index is 1040. The van der Waals surface area contributed by atoms with Gasteiger partial charge in [-0.25, -0.2) is 4.57 Å². The van der Waals surface area contributed by atoms with Gasteiger partial charge in [-0.3, -0.25) is 0 Å². The predicted octanol–water partition coefficient (Wildman–Crippen LogP) is 4.09.